The van der Waals surface area contributed by atoms with Gasteiger partial charge in [-0.1, -0.05) is 53.0 Å². The fourth-order valence-electron chi connectivity index (χ4n) is 3.73. The van der Waals surface area contributed by atoms with Gasteiger partial charge in [0, 0.05) is 11.1 Å². The van der Waals surface area contributed by atoms with Crippen molar-refractivity contribution >= 4 is 63.3 Å². The first kappa shape index (κ1) is 21.9. The SMILES string of the molecule is CC(OC(=O)c1c2c(nc3ccccc13)CCCC2)C(=O)Nc1cc(Cl)c(Cl)cc1Cl. The maximum Gasteiger partial charge on any atom is 0.339 e. The maximum atomic E-state index is 13.2. The molecule has 0 fully saturated rings. The first-order valence-corrected chi connectivity index (χ1v) is 11.1. The zero-order valence-corrected chi connectivity index (χ0v) is 18.9. The average Bonchev–Trinajstić information content (AvgIpc) is 2.75. The third-order valence-electron chi connectivity index (χ3n) is 5.29. The number of carbonyl (C=O) groups is 2. The molecule has 2 aromatic carbocycles. The van der Waals surface area contributed by atoms with Gasteiger partial charge in [0.05, 0.1) is 31.8 Å². The summed E-state index contributed by atoms with van der Waals surface area (Å²) < 4.78 is 5.56. The number of nitrogens with zero attached hydrogens (tertiary/aromatic N) is 1. The number of rotatable bonds is 4. The molecule has 1 amide bonds. The molecule has 0 spiro atoms. The molecule has 4 rings (SSSR count). The second kappa shape index (κ2) is 9.03. The molecule has 1 aromatic heterocycles. The van der Waals surface area contributed by atoms with Crippen molar-refractivity contribution in [2.45, 2.75) is 38.7 Å². The van der Waals surface area contributed by atoms with Gasteiger partial charge in [0.15, 0.2) is 6.10 Å². The van der Waals surface area contributed by atoms with E-state index in [2.05, 4.69) is 5.32 Å². The summed E-state index contributed by atoms with van der Waals surface area (Å²) in [7, 11) is 0. The van der Waals surface area contributed by atoms with E-state index in [0.717, 1.165) is 47.8 Å². The van der Waals surface area contributed by atoms with Gasteiger partial charge in [-0.3, -0.25) is 9.78 Å². The van der Waals surface area contributed by atoms with E-state index in [1.807, 2.05) is 24.3 Å². The van der Waals surface area contributed by atoms with E-state index in [9.17, 15) is 9.59 Å². The number of ether oxygens (including phenoxy) is 1. The minimum Gasteiger partial charge on any atom is -0.449 e. The Bertz CT molecular complexity index is 1200. The first-order valence-electron chi connectivity index (χ1n) is 9.92. The zero-order chi connectivity index (χ0) is 22.1. The second-order valence-electron chi connectivity index (χ2n) is 7.42. The molecule has 1 aliphatic rings. The number of benzene rings is 2. The van der Waals surface area contributed by atoms with Gasteiger partial charge in [-0.25, -0.2) is 4.79 Å². The molecule has 160 valence electrons. The normalized spacial score (nSPS) is 14.1. The molecule has 0 saturated heterocycles. The van der Waals surface area contributed by atoms with Gasteiger partial charge in [-0.15, -0.1) is 0 Å². The van der Waals surface area contributed by atoms with E-state index in [-0.39, 0.29) is 20.8 Å². The van der Waals surface area contributed by atoms with Crippen LogP contribution in [-0.2, 0) is 22.4 Å². The predicted molar refractivity (Wildman–Crippen MR) is 123 cm³/mol. The van der Waals surface area contributed by atoms with Crippen molar-refractivity contribution in [1.82, 2.24) is 4.98 Å². The summed E-state index contributed by atoms with van der Waals surface area (Å²) in [5, 5.41) is 4.12. The van der Waals surface area contributed by atoms with Crippen LogP contribution < -0.4 is 5.32 Å². The van der Waals surface area contributed by atoms with Crippen LogP contribution in [0, 0.1) is 0 Å². The molecule has 1 aliphatic carbocycles. The van der Waals surface area contributed by atoms with E-state index in [4.69, 9.17) is 44.5 Å². The van der Waals surface area contributed by atoms with Gasteiger partial charge < -0.3 is 10.1 Å². The Balaban J connectivity index is 1.59. The van der Waals surface area contributed by atoms with Crippen molar-refractivity contribution in [1.29, 1.82) is 0 Å². The van der Waals surface area contributed by atoms with Gasteiger partial charge in [-0.2, -0.15) is 0 Å². The Kier molecular flexibility index (Phi) is 6.37. The number of carbonyl (C=O) groups excluding carboxylic acids is 2. The highest BCUT2D eigenvalue weighted by atomic mass is 35.5. The summed E-state index contributed by atoms with van der Waals surface area (Å²) in [5.41, 5.74) is 3.37. The lowest BCUT2D eigenvalue weighted by Gasteiger charge is -2.21. The molecule has 5 nitrogen and oxygen atoms in total. The number of aromatic nitrogens is 1. The lowest BCUT2D eigenvalue weighted by molar-refractivity contribution is -0.123. The first-order chi connectivity index (χ1) is 14.8. The van der Waals surface area contributed by atoms with E-state index in [0.29, 0.717) is 5.56 Å². The second-order valence-corrected chi connectivity index (χ2v) is 8.64. The average molecular weight is 478 g/mol. The Morgan fingerprint density at radius 2 is 1.74 bits per heavy atom. The Labute approximate surface area is 194 Å². The van der Waals surface area contributed by atoms with Crippen LogP contribution in [0.25, 0.3) is 10.9 Å². The monoisotopic (exact) mass is 476 g/mol. The van der Waals surface area contributed by atoms with Gasteiger partial charge in [0.25, 0.3) is 5.91 Å². The topological polar surface area (TPSA) is 68.3 Å². The number of hydrogen-bond donors (Lipinski definition) is 1. The number of para-hydroxylation sites is 1. The Morgan fingerprint density at radius 1 is 1.03 bits per heavy atom. The van der Waals surface area contributed by atoms with Crippen LogP contribution in [0.4, 0.5) is 5.69 Å². The highest BCUT2D eigenvalue weighted by Crippen LogP contribution is 2.33. The molecule has 0 radical (unpaired) electrons. The van der Waals surface area contributed by atoms with E-state index >= 15 is 0 Å². The summed E-state index contributed by atoms with van der Waals surface area (Å²) in [5.74, 6) is -1.07. The van der Waals surface area contributed by atoms with Gasteiger partial charge in [-0.05, 0) is 56.4 Å². The molecular weight excluding hydrogens is 459 g/mol. The third kappa shape index (κ3) is 4.49. The molecular formula is C23H19Cl3N2O3. The number of nitrogens with one attached hydrogen (secondary N) is 1. The summed E-state index contributed by atoms with van der Waals surface area (Å²) >= 11 is 18.1. The molecule has 1 unspecified atom stereocenters. The van der Waals surface area contributed by atoms with Crippen LogP contribution in [0.3, 0.4) is 0 Å². The molecule has 3 aromatic rings. The molecule has 0 bridgehead atoms. The summed E-state index contributed by atoms with van der Waals surface area (Å²) in [6.07, 6.45) is 2.56. The van der Waals surface area contributed by atoms with Crippen molar-refractivity contribution in [3.8, 4) is 0 Å². The quantitative estimate of drug-likeness (QED) is 0.356. The number of fused-ring (bicyclic) bond motifs is 2. The largest absolute Gasteiger partial charge is 0.449 e. The summed E-state index contributed by atoms with van der Waals surface area (Å²) in [6, 6.07) is 10.4. The van der Waals surface area contributed by atoms with Crippen LogP contribution in [0.15, 0.2) is 36.4 Å². The highest BCUT2D eigenvalue weighted by molar-refractivity contribution is 6.44. The molecule has 31 heavy (non-hydrogen) atoms. The number of esters is 1. The van der Waals surface area contributed by atoms with Crippen LogP contribution in [0.2, 0.25) is 15.1 Å². The van der Waals surface area contributed by atoms with E-state index < -0.39 is 18.0 Å². The van der Waals surface area contributed by atoms with Crippen LogP contribution >= 0.6 is 34.8 Å². The zero-order valence-electron chi connectivity index (χ0n) is 16.7. The molecule has 8 heteroatoms. The maximum absolute atomic E-state index is 13.2. The minimum atomic E-state index is -1.05. The standard InChI is InChI=1S/C23H19Cl3N2O3/c1-12(22(29)28-20-11-16(25)15(24)10-17(20)26)31-23(30)21-13-6-2-4-8-18(13)27-19-9-5-3-7-14(19)21/h2,4,6,8,10-12H,3,5,7,9H2,1H3,(H,28,29). The third-order valence-corrected chi connectivity index (χ3v) is 6.33. The number of anilines is 1. The van der Waals surface area contributed by atoms with Crippen molar-refractivity contribution in [3.63, 3.8) is 0 Å². The summed E-state index contributed by atoms with van der Waals surface area (Å²) in [6.45, 7) is 1.51. The number of hydrogen-bond acceptors (Lipinski definition) is 4. The Hall–Kier alpha value is -2.34. The molecule has 1 heterocycles. The molecule has 1 atom stereocenters. The van der Waals surface area contributed by atoms with Crippen molar-refractivity contribution < 1.29 is 14.3 Å². The lowest BCUT2D eigenvalue weighted by atomic mass is 9.90. The number of amides is 1. The van der Waals surface area contributed by atoms with Crippen molar-refractivity contribution in [2.75, 3.05) is 5.32 Å². The van der Waals surface area contributed by atoms with Crippen LogP contribution in [0.1, 0.15) is 41.4 Å². The molecule has 1 N–H and O–H groups in total. The fraction of sp³-hybridized carbons (Fsp3) is 0.261. The fourth-order valence-corrected chi connectivity index (χ4v) is 4.33. The molecule has 0 aliphatic heterocycles. The highest BCUT2D eigenvalue weighted by Gasteiger charge is 2.26. The smallest absolute Gasteiger partial charge is 0.339 e. The van der Waals surface area contributed by atoms with Gasteiger partial charge in [0.2, 0.25) is 0 Å². The van der Waals surface area contributed by atoms with Crippen molar-refractivity contribution in [2.24, 2.45) is 0 Å². The predicted octanol–water partition coefficient (Wildman–Crippen LogP) is 6.26. The lowest BCUT2D eigenvalue weighted by Crippen LogP contribution is -2.30. The number of pyridine rings is 1. The van der Waals surface area contributed by atoms with Gasteiger partial charge >= 0.3 is 5.97 Å². The van der Waals surface area contributed by atoms with Gasteiger partial charge in [0.1, 0.15) is 0 Å². The van der Waals surface area contributed by atoms with Crippen molar-refractivity contribution in [3.05, 3.63) is 68.3 Å². The van der Waals surface area contributed by atoms with E-state index in [1.165, 1.54) is 19.1 Å². The number of halogens is 3. The summed E-state index contributed by atoms with van der Waals surface area (Å²) in [4.78, 5) is 30.5. The van der Waals surface area contributed by atoms with Crippen LogP contribution in [-0.4, -0.2) is 23.0 Å². The number of aryl methyl sites for hydroxylation is 1. The molecule has 0 saturated carbocycles. The van der Waals surface area contributed by atoms with E-state index in [1.54, 1.807) is 0 Å². The minimum absolute atomic E-state index is 0.232. The van der Waals surface area contributed by atoms with Crippen LogP contribution in [0.5, 0.6) is 0 Å². The Morgan fingerprint density at radius 3 is 2.55 bits per heavy atom.